The van der Waals surface area contributed by atoms with Gasteiger partial charge in [0, 0.05) is 6.42 Å². The quantitative estimate of drug-likeness (QED) is 0.589. The van der Waals surface area contributed by atoms with Gasteiger partial charge < -0.3 is 21.3 Å². The molecule has 5 N–H and O–H groups in total. The molecule has 0 saturated carbocycles. The fourth-order valence-electron chi connectivity index (χ4n) is 1.53. The standard InChI is InChI=1S/C13H18N2O4/c1-2-10(14)12(17)15-11(13(18)19)7-8-3-5-9(16)6-4-8/h3-6,10-11,16H,2,7,14H2,1H3,(H,15,17)(H,18,19)/t10-,11?/m0/s1. The molecule has 0 spiro atoms. The predicted molar refractivity (Wildman–Crippen MR) is 69.6 cm³/mol. The Bertz CT molecular complexity index is 444. The lowest BCUT2D eigenvalue weighted by Crippen LogP contribution is -2.49. The number of carbonyl (C=O) groups is 2. The van der Waals surface area contributed by atoms with Gasteiger partial charge in [-0.25, -0.2) is 4.79 Å². The van der Waals surface area contributed by atoms with Crippen LogP contribution in [0.25, 0.3) is 0 Å². The Morgan fingerprint density at radius 1 is 1.32 bits per heavy atom. The maximum atomic E-state index is 11.6. The molecule has 0 fully saturated rings. The third kappa shape index (κ3) is 4.59. The van der Waals surface area contributed by atoms with Gasteiger partial charge in [0.1, 0.15) is 11.8 Å². The lowest BCUT2D eigenvalue weighted by Gasteiger charge is -2.17. The summed E-state index contributed by atoms with van der Waals surface area (Å²) in [7, 11) is 0. The second-order valence-corrected chi connectivity index (χ2v) is 4.28. The van der Waals surface area contributed by atoms with E-state index in [-0.39, 0.29) is 12.2 Å². The van der Waals surface area contributed by atoms with Crippen LogP contribution in [0.3, 0.4) is 0 Å². The van der Waals surface area contributed by atoms with Crippen molar-refractivity contribution in [1.82, 2.24) is 5.32 Å². The number of rotatable bonds is 6. The Kier molecular flexibility index (Phi) is 5.32. The number of carboxylic acids is 1. The van der Waals surface area contributed by atoms with Gasteiger partial charge in [0.15, 0.2) is 0 Å². The lowest BCUT2D eigenvalue weighted by atomic mass is 10.1. The van der Waals surface area contributed by atoms with Crippen molar-refractivity contribution in [3.8, 4) is 5.75 Å². The van der Waals surface area contributed by atoms with Crippen LogP contribution in [0.1, 0.15) is 18.9 Å². The van der Waals surface area contributed by atoms with Gasteiger partial charge in [-0.2, -0.15) is 0 Å². The smallest absolute Gasteiger partial charge is 0.326 e. The Labute approximate surface area is 111 Å². The number of phenolic OH excluding ortho intramolecular Hbond substituents is 1. The summed E-state index contributed by atoms with van der Waals surface area (Å²) in [5.41, 5.74) is 6.24. The largest absolute Gasteiger partial charge is 0.508 e. The van der Waals surface area contributed by atoms with Crippen LogP contribution in [-0.2, 0) is 16.0 Å². The molecule has 104 valence electrons. The van der Waals surface area contributed by atoms with Gasteiger partial charge in [0.05, 0.1) is 6.04 Å². The highest BCUT2D eigenvalue weighted by Crippen LogP contribution is 2.11. The van der Waals surface area contributed by atoms with E-state index >= 15 is 0 Å². The molecule has 1 unspecified atom stereocenters. The minimum atomic E-state index is -1.12. The van der Waals surface area contributed by atoms with E-state index in [1.165, 1.54) is 12.1 Å². The Hall–Kier alpha value is -2.08. The molecule has 19 heavy (non-hydrogen) atoms. The van der Waals surface area contributed by atoms with Crippen LogP contribution in [0.4, 0.5) is 0 Å². The number of phenols is 1. The van der Waals surface area contributed by atoms with Crippen LogP contribution >= 0.6 is 0 Å². The van der Waals surface area contributed by atoms with Crippen LogP contribution < -0.4 is 11.1 Å². The number of nitrogens with one attached hydrogen (secondary N) is 1. The SMILES string of the molecule is CC[C@H](N)C(=O)NC(Cc1ccc(O)cc1)C(=O)O. The number of aromatic hydroxyl groups is 1. The molecule has 2 atom stereocenters. The van der Waals surface area contributed by atoms with E-state index in [2.05, 4.69) is 5.32 Å². The Morgan fingerprint density at radius 3 is 2.37 bits per heavy atom. The molecule has 6 nitrogen and oxygen atoms in total. The molecule has 1 aromatic rings. The highest BCUT2D eigenvalue weighted by Gasteiger charge is 2.22. The van der Waals surface area contributed by atoms with Gasteiger partial charge in [-0.15, -0.1) is 0 Å². The zero-order valence-electron chi connectivity index (χ0n) is 10.7. The van der Waals surface area contributed by atoms with Crippen molar-refractivity contribution in [3.63, 3.8) is 0 Å². The lowest BCUT2D eigenvalue weighted by molar-refractivity contribution is -0.142. The van der Waals surface area contributed by atoms with E-state index in [9.17, 15) is 9.59 Å². The van der Waals surface area contributed by atoms with Crippen molar-refractivity contribution in [2.24, 2.45) is 5.73 Å². The van der Waals surface area contributed by atoms with E-state index in [1.807, 2.05) is 0 Å². The van der Waals surface area contributed by atoms with Crippen molar-refractivity contribution >= 4 is 11.9 Å². The van der Waals surface area contributed by atoms with Crippen LogP contribution in [0, 0.1) is 0 Å². The number of aliphatic carboxylic acids is 1. The summed E-state index contributed by atoms with van der Waals surface area (Å²) in [4.78, 5) is 22.7. The van der Waals surface area contributed by atoms with Crippen molar-refractivity contribution < 1.29 is 19.8 Å². The van der Waals surface area contributed by atoms with Crippen LogP contribution in [-0.4, -0.2) is 34.2 Å². The molecule has 0 aliphatic rings. The van der Waals surface area contributed by atoms with Crippen LogP contribution in [0.5, 0.6) is 5.75 Å². The van der Waals surface area contributed by atoms with Crippen LogP contribution in [0.15, 0.2) is 24.3 Å². The second-order valence-electron chi connectivity index (χ2n) is 4.28. The van der Waals surface area contributed by atoms with E-state index < -0.39 is 24.0 Å². The summed E-state index contributed by atoms with van der Waals surface area (Å²) in [6.07, 6.45) is 0.579. The molecule has 0 aliphatic carbocycles. The zero-order chi connectivity index (χ0) is 14.4. The first-order valence-corrected chi connectivity index (χ1v) is 6.00. The summed E-state index contributed by atoms with van der Waals surface area (Å²) in [5, 5.41) is 20.6. The number of nitrogens with two attached hydrogens (primary N) is 1. The molecule has 0 aromatic heterocycles. The minimum absolute atomic E-state index is 0.104. The summed E-state index contributed by atoms with van der Waals surface area (Å²) < 4.78 is 0. The minimum Gasteiger partial charge on any atom is -0.508 e. The van der Waals surface area contributed by atoms with Crippen molar-refractivity contribution in [3.05, 3.63) is 29.8 Å². The summed E-state index contributed by atoms with van der Waals surface area (Å²) in [5.74, 6) is -1.49. The molecule has 0 radical (unpaired) electrons. The van der Waals surface area contributed by atoms with Gasteiger partial charge in [0.25, 0.3) is 0 Å². The molecule has 1 rings (SSSR count). The van der Waals surface area contributed by atoms with Crippen molar-refractivity contribution in [2.45, 2.75) is 31.8 Å². The highest BCUT2D eigenvalue weighted by molar-refractivity contribution is 5.86. The molecule has 1 aromatic carbocycles. The average Bonchev–Trinajstić information content (AvgIpc) is 2.39. The van der Waals surface area contributed by atoms with E-state index in [4.69, 9.17) is 15.9 Å². The van der Waals surface area contributed by atoms with E-state index in [0.29, 0.717) is 12.0 Å². The average molecular weight is 266 g/mol. The molecular formula is C13H18N2O4. The molecule has 6 heteroatoms. The number of amides is 1. The third-order valence-electron chi connectivity index (χ3n) is 2.77. The number of carbonyl (C=O) groups excluding carboxylic acids is 1. The van der Waals surface area contributed by atoms with E-state index in [0.717, 1.165) is 0 Å². The number of hydrogen-bond donors (Lipinski definition) is 4. The first kappa shape index (κ1) is 15.0. The second kappa shape index (κ2) is 6.75. The van der Waals surface area contributed by atoms with Crippen molar-refractivity contribution in [2.75, 3.05) is 0 Å². The maximum absolute atomic E-state index is 11.6. The van der Waals surface area contributed by atoms with Gasteiger partial charge >= 0.3 is 5.97 Å². The molecule has 0 bridgehead atoms. The fraction of sp³-hybridized carbons (Fsp3) is 0.385. The number of hydrogen-bond acceptors (Lipinski definition) is 4. The monoisotopic (exact) mass is 266 g/mol. The summed E-state index contributed by atoms with van der Waals surface area (Å²) >= 11 is 0. The summed E-state index contributed by atoms with van der Waals surface area (Å²) in [6.45, 7) is 1.75. The molecule has 0 saturated heterocycles. The molecular weight excluding hydrogens is 248 g/mol. The Balaban J connectivity index is 2.71. The normalized spacial score (nSPS) is 13.6. The third-order valence-corrected chi connectivity index (χ3v) is 2.77. The van der Waals surface area contributed by atoms with Gasteiger partial charge in [-0.05, 0) is 24.1 Å². The van der Waals surface area contributed by atoms with Gasteiger partial charge in [-0.1, -0.05) is 19.1 Å². The number of benzene rings is 1. The van der Waals surface area contributed by atoms with Gasteiger partial charge in [0.2, 0.25) is 5.91 Å². The first-order chi connectivity index (χ1) is 8.93. The fourth-order valence-corrected chi connectivity index (χ4v) is 1.53. The number of carboxylic acid groups (broad SMARTS) is 1. The van der Waals surface area contributed by atoms with Gasteiger partial charge in [-0.3, -0.25) is 4.79 Å². The topological polar surface area (TPSA) is 113 Å². The molecule has 1 amide bonds. The summed E-state index contributed by atoms with van der Waals surface area (Å²) in [6, 6.07) is 4.41. The van der Waals surface area contributed by atoms with Crippen LogP contribution in [0.2, 0.25) is 0 Å². The molecule has 0 heterocycles. The molecule has 0 aliphatic heterocycles. The zero-order valence-corrected chi connectivity index (χ0v) is 10.7. The predicted octanol–water partition coefficient (Wildman–Crippen LogP) is 0.241. The maximum Gasteiger partial charge on any atom is 0.326 e. The highest BCUT2D eigenvalue weighted by atomic mass is 16.4. The first-order valence-electron chi connectivity index (χ1n) is 6.00. The van der Waals surface area contributed by atoms with E-state index in [1.54, 1.807) is 19.1 Å². The Morgan fingerprint density at radius 2 is 1.89 bits per heavy atom. The van der Waals surface area contributed by atoms with Crippen molar-refractivity contribution in [1.29, 1.82) is 0 Å².